The van der Waals surface area contributed by atoms with Crippen LogP contribution in [0.5, 0.6) is 0 Å². The number of nitrogens with two attached hydrogens (primary N) is 1. The van der Waals surface area contributed by atoms with Crippen LogP contribution in [0.2, 0.25) is 0 Å². The van der Waals surface area contributed by atoms with Crippen molar-refractivity contribution < 1.29 is 0 Å². The first-order chi connectivity index (χ1) is 17.5. The molecular formula is C29H49N7. The van der Waals surface area contributed by atoms with E-state index in [2.05, 4.69) is 65.4 Å². The second kappa shape index (κ2) is 13.8. The number of unbranched alkanes of at least 4 members (excludes halogenated alkanes) is 2. The molecule has 1 fully saturated rings. The molecule has 3 aromatic rings. The molecule has 2 aromatic heterocycles. The van der Waals surface area contributed by atoms with Crippen LogP contribution in [0, 0.1) is 0 Å². The van der Waals surface area contributed by atoms with Crippen LogP contribution in [0.1, 0.15) is 65.6 Å². The highest BCUT2D eigenvalue weighted by Gasteiger charge is 2.20. The summed E-state index contributed by atoms with van der Waals surface area (Å²) in [6.07, 6.45) is 6.81. The van der Waals surface area contributed by atoms with E-state index in [4.69, 9.17) is 15.7 Å². The molecule has 2 N–H and O–H groups in total. The Labute approximate surface area is 218 Å². The van der Waals surface area contributed by atoms with Crippen molar-refractivity contribution in [1.29, 1.82) is 0 Å². The Balaban J connectivity index is 0.00000176. The average molecular weight is 496 g/mol. The molecule has 1 aliphatic heterocycles. The maximum Gasteiger partial charge on any atom is 0.152 e. The van der Waals surface area contributed by atoms with E-state index in [1.54, 1.807) is 0 Å². The van der Waals surface area contributed by atoms with E-state index in [9.17, 15) is 0 Å². The second-order valence-electron chi connectivity index (χ2n) is 10.0. The Morgan fingerprint density at radius 1 is 0.917 bits per heavy atom. The molecule has 0 unspecified atom stereocenters. The zero-order valence-corrected chi connectivity index (χ0v) is 23.7. The normalized spacial score (nSPS) is 14.6. The number of fused-ring (bicyclic) bond motifs is 3. The van der Waals surface area contributed by atoms with Gasteiger partial charge in [-0.2, -0.15) is 0 Å². The molecule has 200 valence electrons. The Bertz CT molecular complexity index is 1080. The lowest BCUT2D eigenvalue weighted by Gasteiger charge is -2.36. The number of pyridine rings is 1. The van der Waals surface area contributed by atoms with E-state index in [0.717, 1.165) is 81.8 Å². The van der Waals surface area contributed by atoms with Crippen molar-refractivity contribution in [2.45, 2.75) is 72.8 Å². The third-order valence-corrected chi connectivity index (χ3v) is 7.03. The standard InChI is InChI=1S/C27H43N7.C2H6/c1-5-7-10-24-30-25-26(34(24)15-9-8-14-31(3)4)22-20-21(11-12-23(22)29-27(25)28)33-18-16-32(13-6-2)17-19-33;1-2/h11-12,20H,5-10,13-19H2,1-4H3,(H2,28,29);1-2H3. The van der Waals surface area contributed by atoms with Gasteiger partial charge in [-0.1, -0.05) is 34.1 Å². The van der Waals surface area contributed by atoms with Gasteiger partial charge in [0, 0.05) is 50.2 Å². The summed E-state index contributed by atoms with van der Waals surface area (Å²) in [6.45, 7) is 16.2. The van der Waals surface area contributed by atoms with Crippen LogP contribution in [-0.2, 0) is 13.0 Å². The zero-order valence-electron chi connectivity index (χ0n) is 23.7. The van der Waals surface area contributed by atoms with Crippen LogP contribution >= 0.6 is 0 Å². The summed E-state index contributed by atoms with van der Waals surface area (Å²) in [6, 6.07) is 6.70. The van der Waals surface area contributed by atoms with E-state index < -0.39 is 0 Å². The minimum absolute atomic E-state index is 0.549. The van der Waals surface area contributed by atoms with Gasteiger partial charge in [0.1, 0.15) is 11.3 Å². The molecule has 36 heavy (non-hydrogen) atoms. The van der Waals surface area contributed by atoms with Crippen LogP contribution in [0.4, 0.5) is 11.5 Å². The largest absolute Gasteiger partial charge is 0.382 e. The van der Waals surface area contributed by atoms with Crippen LogP contribution in [-0.4, -0.2) is 77.7 Å². The van der Waals surface area contributed by atoms with E-state index in [1.807, 2.05) is 13.8 Å². The number of piperazine rings is 1. The van der Waals surface area contributed by atoms with Crippen LogP contribution in [0.3, 0.4) is 0 Å². The van der Waals surface area contributed by atoms with Crippen molar-refractivity contribution in [2.75, 3.05) is 64.0 Å². The molecule has 1 saturated heterocycles. The van der Waals surface area contributed by atoms with Crippen molar-refractivity contribution in [2.24, 2.45) is 0 Å². The first-order valence-corrected chi connectivity index (χ1v) is 14.2. The minimum atomic E-state index is 0.549. The lowest BCUT2D eigenvalue weighted by Crippen LogP contribution is -2.46. The van der Waals surface area contributed by atoms with E-state index in [1.165, 1.54) is 36.0 Å². The predicted molar refractivity (Wildman–Crippen MR) is 156 cm³/mol. The number of nitrogen functional groups attached to an aromatic ring is 1. The predicted octanol–water partition coefficient (Wildman–Crippen LogP) is 5.41. The maximum atomic E-state index is 6.44. The third kappa shape index (κ3) is 6.68. The summed E-state index contributed by atoms with van der Waals surface area (Å²) in [7, 11) is 4.28. The Morgan fingerprint density at radius 3 is 2.33 bits per heavy atom. The Hall–Kier alpha value is -2.38. The average Bonchev–Trinajstić information content (AvgIpc) is 3.26. The van der Waals surface area contributed by atoms with Crippen LogP contribution in [0.15, 0.2) is 18.2 Å². The second-order valence-corrected chi connectivity index (χ2v) is 10.0. The molecule has 1 aliphatic rings. The number of hydrogen-bond donors (Lipinski definition) is 1. The summed E-state index contributed by atoms with van der Waals surface area (Å²) < 4.78 is 2.45. The first-order valence-electron chi connectivity index (χ1n) is 14.2. The van der Waals surface area contributed by atoms with Crippen LogP contribution in [0.25, 0.3) is 21.9 Å². The topological polar surface area (TPSA) is 66.5 Å². The molecule has 7 heteroatoms. The van der Waals surface area contributed by atoms with E-state index in [-0.39, 0.29) is 0 Å². The first kappa shape index (κ1) is 28.2. The summed E-state index contributed by atoms with van der Waals surface area (Å²) in [4.78, 5) is 17.1. The highest BCUT2D eigenvalue weighted by Crippen LogP contribution is 2.32. The fourth-order valence-electron chi connectivity index (χ4n) is 5.15. The number of aryl methyl sites for hydroxylation is 2. The number of nitrogens with zero attached hydrogens (tertiary/aromatic N) is 6. The van der Waals surface area contributed by atoms with Crippen molar-refractivity contribution in [3.05, 3.63) is 24.0 Å². The van der Waals surface area contributed by atoms with Gasteiger partial charge in [-0.05, 0) is 71.1 Å². The quantitative estimate of drug-likeness (QED) is 0.359. The maximum absolute atomic E-state index is 6.44. The number of aromatic nitrogens is 3. The summed E-state index contributed by atoms with van der Waals surface area (Å²) in [5.41, 5.74) is 10.7. The highest BCUT2D eigenvalue weighted by atomic mass is 15.3. The molecule has 7 nitrogen and oxygen atoms in total. The van der Waals surface area contributed by atoms with Gasteiger partial charge in [-0.15, -0.1) is 0 Å². The van der Waals surface area contributed by atoms with E-state index in [0.29, 0.717) is 5.82 Å². The van der Waals surface area contributed by atoms with Gasteiger partial charge < -0.3 is 20.1 Å². The monoisotopic (exact) mass is 495 g/mol. The fraction of sp³-hybridized carbons (Fsp3) is 0.655. The highest BCUT2D eigenvalue weighted by molar-refractivity contribution is 6.07. The molecule has 1 aromatic carbocycles. The molecule has 4 rings (SSSR count). The number of rotatable bonds is 11. The zero-order chi connectivity index (χ0) is 26.1. The number of anilines is 2. The van der Waals surface area contributed by atoms with Gasteiger partial charge in [0.05, 0.1) is 11.0 Å². The molecular weight excluding hydrogens is 446 g/mol. The molecule has 0 amide bonds. The SMILES string of the molecule is CC.CCCCc1nc2c(N)nc3ccc(N4CCN(CCC)CC4)cc3c2n1CCCCN(C)C. The van der Waals surface area contributed by atoms with Gasteiger partial charge >= 0.3 is 0 Å². The van der Waals surface area contributed by atoms with Crippen molar-refractivity contribution in [3.63, 3.8) is 0 Å². The molecule has 0 radical (unpaired) electrons. The molecule has 0 atom stereocenters. The molecule has 0 bridgehead atoms. The van der Waals surface area contributed by atoms with Gasteiger partial charge in [0.15, 0.2) is 5.82 Å². The number of benzene rings is 1. The van der Waals surface area contributed by atoms with Gasteiger partial charge in [0.2, 0.25) is 0 Å². The molecule has 0 spiro atoms. The van der Waals surface area contributed by atoms with Crippen LogP contribution < -0.4 is 10.6 Å². The van der Waals surface area contributed by atoms with Gasteiger partial charge in [-0.25, -0.2) is 9.97 Å². The molecule has 0 saturated carbocycles. The number of imidazole rings is 1. The Morgan fingerprint density at radius 2 is 1.67 bits per heavy atom. The molecule has 3 heterocycles. The number of hydrogen-bond acceptors (Lipinski definition) is 6. The smallest absolute Gasteiger partial charge is 0.152 e. The van der Waals surface area contributed by atoms with Gasteiger partial charge in [-0.3, -0.25) is 4.90 Å². The fourth-order valence-corrected chi connectivity index (χ4v) is 5.15. The minimum Gasteiger partial charge on any atom is -0.382 e. The summed E-state index contributed by atoms with van der Waals surface area (Å²) >= 11 is 0. The summed E-state index contributed by atoms with van der Waals surface area (Å²) in [5.74, 6) is 1.70. The van der Waals surface area contributed by atoms with Crippen molar-refractivity contribution in [3.8, 4) is 0 Å². The lowest BCUT2D eigenvalue weighted by molar-refractivity contribution is 0.258. The lowest BCUT2D eigenvalue weighted by atomic mass is 10.1. The third-order valence-electron chi connectivity index (χ3n) is 7.03. The van der Waals surface area contributed by atoms with Gasteiger partial charge in [0.25, 0.3) is 0 Å². The Kier molecular flexibility index (Phi) is 10.8. The van der Waals surface area contributed by atoms with Crippen molar-refractivity contribution >= 4 is 33.4 Å². The summed E-state index contributed by atoms with van der Waals surface area (Å²) in [5, 5.41) is 1.18. The van der Waals surface area contributed by atoms with E-state index >= 15 is 0 Å². The van der Waals surface area contributed by atoms with Crippen molar-refractivity contribution in [1.82, 2.24) is 24.3 Å². The molecule has 0 aliphatic carbocycles.